The Balaban J connectivity index is 5.22. The van der Waals surface area contributed by atoms with Gasteiger partial charge in [-0.25, -0.2) is 9.13 Å². The molecule has 0 fully saturated rings. The predicted octanol–water partition coefficient (Wildman–Crippen LogP) is 19.7. The van der Waals surface area contributed by atoms with Crippen LogP contribution in [0.25, 0.3) is 0 Å². The van der Waals surface area contributed by atoms with Gasteiger partial charge < -0.3 is 33.8 Å². The average molecular weight is 1310 g/mol. The summed E-state index contributed by atoms with van der Waals surface area (Å²) in [6, 6.07) is 0. The Hall–Kier alpha value is -1.94. The zero-order chi connectivity index (χ0) is 66.1. The molecule has 0 radical (unpaired) electrons. The molecule has 0 aliphatic rings. The molecule has 6 atom stereocenters. The second-order valence-electron chi connectivity index (χ2n) is 26.9. The van der Waals surface area contributed by atoms with E-state index in [0.29, 0.717) is 37.5 Å². The van der Waals surface area contributed by atoms with E-state index in [1.807, 2.05) is 0 Å². The first-order chi connectivity index (χ1) is 42.6. The number of esters is 4. The number of hydrogen-bond donors (Lipinski definition) is 3. The number of rotatable bonds is 67. The van der Waals surface area contributed by atoms with Gasteiger partial charge in [-0.15, -0.1) is 0 Å². The number of hydrogen-bond acceptors (Lipinski definition) is 15. The molecule has 19 heteroatoms. The molecular weight excluding hydrogens is 1170 g/mol. The van der Waals surface area contributed by atoms with E-state index in [-0.39, 0.29) is 25.7 Å². The van der Waals surface area contributed by atoms with Gasteiger partial charge in [-0.2, -0.15) is 0 Å². The maximum Gasteiger partial charge on any atom is 0.472 e. The van der Waals surface area contributed by atoms with Crippen molar-refractivity contribution >= 4 is 39.5 Å². The molecular formula is C70H136O17P2. The van der Waals surface area contributed by atoms with Gasteiger partial charge in [0.2, 0.25) is 0 Å². The molecule has 3 N–H and O–H groups in total. The van der Waals surface area contributed by atoms with Crippen LogP contribution in [0.4, 0.5) is 0 Å². The molecule has 0 amide bonds. The Labute approximate surface area is 543 Å². The van der Waals surface area contributed by atoms with Gasteiger partial charge in [0.05, 0.1) is 26.4 Å². The smallest absolute Gasteiger partial charge is 0.462 e. The van der Waals surface area contributed by atoms with Gasteiger partial charge in [0.25, 0.3) is 0 Å². The van der Waals surface area contributed by atoms with Crippen molar-refractivity contribution in [3.63, 3.8) is 0 Å². The third kappa shape index (κ3) is 63.2. The lowest BCUT2D eigenvalue weighted by Gasteiger charge is -2.21. The van der Waals surface area contributed by atoms with Crippen molar-refractivity contribution in [2.75, 3.05) is 39.6 Å². The monoisotopic (exact) mass is 1310 g/mol. The fourth-order valence-electron chi connectivity index (χ4n) is 10.5. The van der Waals surface area contributed by atoms with Crippen LogP contribution in [0.2, 0.25) is 0 Å². The number of unbranched alkanes of at least 4 members (excludes halogenated alkanes) is 32. The predicted molar refractivity (Wildman–Crippen MR) is 358 cm³/mol. The van der Waals surface area contributed by atoms with Crippen LogP contribution in [0, 0.1) is 23.7 Å². The van der Waals surface area contributed by atoms with E-state index < -0.39 is 97.5 Å². The van der Waals surface area contributed by atoms with Crippen molar-refractivity contribution in [2.24, 2.45) is 23.7 Å². The van der Waals surface area contributed by atoms with Crippen molar-refractivity contribution in [1.82, 2.24) is 0 Å². The minimum absolute atomic E-state index is 0.103. The summed E-state index contributed by atoms with van der Waals surface area (Å²) in [5.41, 5.74) is 0. The maximum atomic E-state index is 13.0. The summed E-state index contributed by atoms with van der Waals surface area (Å²) in [6.45, 7) is 14.0. The third-order valence-corrected chi connectivity index (χ3v) is 18.3. The van der Waals surface area contributed by atoms with Crippen LogP contribution in [0.15, 0.2) is 0 Å². The summed E-state index contributed by atoms with van der Waals surface area (Å²) >= 11 is 0. The molecule has 89 heavy (non-hydrogen) atoms. The Morgan fingerprint density at radius 2 is 0.539 bits per heavy atom. The van der Waals surface area contributed by atoms with Crippen molar-refractivity contribution in [3.8, 4) is 0 Å². The Kier molecular flexibility index (Phi) is 58.5. The largest absolute Gasteiger partial charge is 0.472 e. The van der Waals surface area contributed by atoms with Gasteiger partial charge in [0, 0.05) is 25.7 Å². The van der Waals surface area contributed by atoms with Crippen LogP contribution in [-0.4, -0.2) is 96.7 Å². The first-order valence-electron chi connectivity index (χ1n) is 36.2. The topological polar surface area (TPSA) is 237 Å². The molecule has 0 aromatic heterocycles. The first-order valence-corrected chi connectivity index (χ1v) is 39.2. The zero-order valence-electron chi connectivity index (χ0n) is 58.1. The summed E-state index contributed by atoms with van der Waals surface area (Å²) in [5.74, 6) is 0.841. The number of carbonyl (C=O) groups is 4. The fourth-order valence-corrected chi connectivity index (χ4v) is 12.0. The SMILES string of the molecule is CCC(C)CCCCCCCCCCCCCCCCC(=O)O[C@H](COC(=O)CCCCCCCCCC(C)C)COP(=O)(O)OCC(O)COP(=O)(O)OC[C@@H](COC(=O)CCCCCCCCCC(C)C)OC(=O)CCCCCCCCCCC(C)C. The van der Waals surface area contributed by atoms with Gasteiger partial charge >= 0.3 is 39.5 Å². The molecule has 0 heterocycles. The minimum atomic E-state index is -4.95. The van der Waals surface area contributed by atoms with Crippen LogP contribution in [0.1, 0.15) is 344 Å². The summed E-state index contributed by atoms with van der Waals surface area (Å²) in [6.07, 6.45) is 41.9. The molecule has 0 bridgehead atoms. The van der Waals surface area contributed by atoms with Crippen molar-refractivity contribution < 1.29 is 80.2 Å². The summed E-state index contributed by atoms with van der Waals surface area (Å²) in [5, 5.41) is 10.6. The van der Waals surface area contributed by atoms with Crippen LogP contribution < -0.4 is 0 Å². The van der Waals surface area contributed by atoms with Crippen LogP contribution in [-0.2, 0) is 65.4 Å². The lowest BCUT2D eigenvalue weighted by molar-refractivity contribution is -0.161. The number of ether oxygens (including phenoxy) is 4. The molecule has 0 aliphatic carbocycles. The van der Waals surface area contributed by atoms with E-state index in [1.165, 1.54) is 135 Å². The van der Waals surface area contributed by atoms with E-state index in [2.05, 4.69) is 55.4 Å². The van der Waals surface area contributed by atoms with Crippen molar-refractivity contribution in [3.05, 3.63) is 0 Å². The van der Waals surface area contributed by atoms with Gasteiger partial charge in [0.15, 0.2) is 12.2 Å². The number of carbonyl (C=O) groups excluding carboxylic acids is 4. The molecule has 0 aromatic rings. The first kappa shape index (κ1) is 87.1. The Bertz CT molecular complexity index is 1770. The van der Waals surface area contributed by atoms with E-state index in [1.54, 1.807) is 0 Å². The van der Waals surface area contributed by atoms with E-state index in [0.717, 1.165) is 115 Å². The molecule has 0 aliphatic heterocycles. The molecule has 528 valence electrons. The molecule has 0 saturated heterocycles. The maximum absolute atomic E-state index is 13.0. The highest BCUT2D eigenvalue weighted by Gasteiger charge is 2.30. The van der Waals surface area contributed by atoms with Gasteiger partial charge in [-0.3, -0.25) is 37.3 Å². The van der Waals surface area contributed by atoms with E-state index >= 15 is 0 Å². The molecule has 0 rings (SSSR count). The number of aliphatic hydroxyl groups is 1. The lowest BCUT2D eigenvalue weighted by Crippen LogP contribution is -2.30. The number of phosphoric ester groups is 2. The molecule has 0 aromatic carbocycles. The Morgan fingerprint density at radius 1 is 0.315 bits per heavy atom. The standard InChI is InChI=1S/C70H136O17P2/c1-9-63(8)49-41-33-25-16-14-12-10-11-13-15-17-26-36-44-52-69(74)86-65(56-80-67(72)50-42-34-28-20-23-31-39-47-61(4)5)58-84-88(76,77)82-54-64(71)55-83-89(78,79)85-59-66(57-81-68(73)51-43-35-29-21-24-32-40-48-62(6)7)87-70(75)53-45-37-27-19-18-22-30-38-46-60(2)3/h60-66,71H,9-59H2,1-8H3,(H,76,77)(H,78,79)/t63?,64?,65-,66-/m1/s1. The lowest BCUT2D eigenvalue weighted by atomic mass is 9.99. The zero-order valence-corrected chi connectivity index (χ0v) is 59.8. The van der Waals surface area contributed by atoms with E-state index in [4.69, 9.17) is 37.0 Å². The second kappa shape index (κ2) is 59.8. The summed E-state index contributed by atoms with van der Waals surface area (Å²) in [7, 11) is -9.90. The number of aliphatic hydroxyl groups excluding tert-OH is 1. The van der Waals surface area contributed by atoms with Gasteiger partial charge in [-0.1, -0.05) is 293 Å². The Morgan fingerprint density at radius 3 is 0.798 bits per heavy atom. The normalized spacial score (nSPS) is 14.6. The number of phosphoric acid groups is 2. The third-order valence-electron chi connectivity index (χ3n) is 16.4. The van der Waals surface area contributed by atoms with Crippen LogP contribution >= 0.6 is 15.6 Å². The summed E-state index contributed by atoms with van der Waals surface area (Å²) in [4.78, 5) is 72.5. The van der Waals surface area contributed by atoms with Crippen LogP contribution in [0.3, 0.4) is 0 Å². The molecule has 4 unspecified atom stereocenters. The summed E-state index contributed by atoms with van der Waals surface area (Å²) < 4.78 is 68.2. The highest BCUT2D eigenvalue weighted by Crippen LogP contribution is 2.45. The van der Waals surface area contributed by atoms with Crippen LogP contribution in [0.5, 0.6) is 0 Å². The highest BCUT2D eigenvalue weighted by atomic mass is 31.2. The fraction of sp³-hybridized carbons (Fsp3) is 0.943. The van der Waals surface area contributed by atoms with Crippen molar-refractivity contribution in [1.29, 1.82) is 0 Å². The molecule has 17 nitrogen and oxygen atoms in total. The van der Waals surface area contributed by atoms with Gasteiger partial charge in [0.1, 0.15) is 19.3 Å². The second-order valence-corrected chi connectivity index (χ2v) is 29.8. The van der Waals surface area contributed by atoms with Gasteiger partial charge in [-0.05, 0) is 49.4 Å². The molecule has 0 spiro atoms. The minimum Gasteiger partial charge on any atom is -0.462 e. The average Bonchev–Trinajstić information content (AvgIpc) is 3.68. The molecule has 0 saturated carbocycles. The highest BCUT2D eigenvalue weighted by molar-refractivity contribution is 7.47. The van der Waals surface area contributed by atoms with E-state index in [9.17, 15) is 43.2 Å². The van der Waals surface area contributed by atoms with Crippen molar-refractivity contribution in [2.45, 2.75) is 363 Å². The quantitative estimate of drug-likeness (QED) is 0.0222.